The summed E-state index contributed by atoms with van der Waals surface area (Å²) >= 11 is 0. The molecule has 0 saturated heterocycles. The van der Waals surface area contributed by atoms with Crippen LogP contribution in [0.2, 0.25) is 0 Å². The average molecular weight is 333 g/mol. The Labute approximate surface area is 119 Å². The maximum absolute atomic E-state index is 11.2. The Hall–Kier alpha value is -0.110. The highest BCUT2D eigenvalue weighted by atomic mass is 31.2. The molecule has 0 saturated carbocycles. The van der Waals surface area contributed by atoms with Crippen LogP contribution in [-0.4, -0.2) is 55.0 Å². The van der Waals surface area contributed by atoms with Gasteiger partial charge in [-0.15, -0.1) is 0 Å². The van der Waals surface area contributed by atoms with Gasteiger partial charge in [-0.05, 0) is 13.8 Å². The van der Waals surface area contributed by atoms with Gasteiger partial charge in [0, 0.05) is 0 Å². The van der Waals surface area contributed by atoms with Gasteiger partial charge in [0.1, 0.15) is 6.61 Å². The molecule has 0 aliphatic carbocycles. The minimum absolute atomic E-state index is 0.00933. The Balaban J connectivity index is 3.62. The largest absolute Gasteiger partial charge is 0.462 e. The summed E-state index contributed by atoms with van der Waals surface area (Å²) in [6.07, 6.45) is -0.571. The lowest BCUT2D eigenvalue weighted by Gasteiger charge is -2.14. The van der Waals surface area contributed by atoms with E-state index < -0.39 is 28.5 Å². The molecule has 9 nitrogen and oxygen atoms in total. The predicted octanol–water partition coefficient (Wildman–Crippen LogP) is 0.571. The van der Waals surface area contributed by atoms with E-state index in [1.54, 1.807) is 0 Å². The van der Waals surface area contributed by atoms with Crippen molar-refractivity contribution >= 4 is 22.2 Å². The Kier molecular flexibility index (Phi) is 11.5. The average Bonchev–Trinajstić information content (AvgIpc) is 2.33. The highest BCUT2D eigenvalue weighted by Gasteiger charge is 2.14. The number of ether oxygens (including phenoxy) is 1. The zero-order valence-electron chi connectivity index (χ0n) is 11.5. The fourth-order valence-corrected chi connectivity index (χ4v) is 2.22. The van der Waals surface area contributed by atoms with Gasteiger partial charge < -0.3 is 28.1 Å². The summed E-state index contributed by atoms with van der Waals surface area (Å²) in [7, 11) is -5.58. The molecule has 3 N–H and O–H groups in total. The summed E-state index contributed by atoms with van der Waals surface area (Å²) in [6, 6.07) is 0. The van der Waals surface area contributed by atoms with Gasteiger partial charge in [0.25, 0.3) is 0 Å². The topological polar surface area (TPSA) is 124 Å². The molecule has 0 aromatic rings. The normalized spacial score (nSPS) is 11.8. The fourth-order valence-electron chi connectivity index (χ4n) is 0.945. The SMILES string of the molecule is CCOP(OCC)OCCOC(=O)CNCP(=O)(O)O. The summed E-state index contributed by atoms with van der Waals surface area (Å²) in [5, 5.41) is 2.29. The van der Waals surface area contributed by atoms with Crippen LogP contribution >= 0.6 is 16.2 Å². The van der Waals surface area contributed by atoms with Crippen molar-refractivity contribution in [3.63, 3.8) is 0 Å². The highest BCUT2D eigenvalue weighted by Crippen LogP contribution is 2.38. The number of nitrogens with one attached hydrogen (secondary N) is 1. The first-order valence-electron chi connectivity index (χ1n) is 5.98. The Morgan fingerprint density at radius 2 is 1.75 bits per heavy atom. The first-order valence-corrected chi connectivity index (χ1v) is 8.88. The zero-order valence-corrected chi connectivity index (χ0v) is 13.3. The smallest absolute Gasteiger partial charge is 0.339 e. The first kappa shape index (κ1) is 19.9. The van der Waals surface area contributed by atoms with Crippen molar-refractivity contribution in [3.8, 4) is 0 Å². The van der Waals surface area contributed by atoms with Gasteiger partial charge in [-0.3, -0.25) is 14.7 Å². The van der Waals surface area contributed by atoms with E-state index in [1.165, 1.54) is 0 Å². The summed E-state index contributed by atoms with van der Waals surface area (Å²) in [4.78, 5) is 28.3. The molecule has 0 aromatic carbocycles. The molecular weight excluding hydrogens is 312 g/mol. The van der Waals surface area contributed by atoms with Gasteiger partial charge in [0.05, 0.1) is 32.7 Å². The van der Waals surface area contributed by atoms with Crippen molar-refractivity contribution < 1.29 is 37.5 Å². The van der Waals surface area contributed by atoms with Gasteiger partial charge in [-0.25, -0.2) is 0 Å². The van der Waals surface area contributed by atoms with Crippen molar-refractivity contribution in [2.75, 3.05) is 39.3 Å². The van der Waals surface area contributed by atoms with Crippen LogP contribution < -0.4 is 5.32 Å². The maximum atomic E-state index is 11.2. The number of carbonyl (C=O) groups is 1. The van der Waals surface area contributed by atoms with E-state index in [0.717, 1.165) is 0 Å². The summed E-state index contributed by atoms with van der Waals surface area (Å²) in [6.45, 7) is 4.38. The minimum Gasteiger partial charge on any atom is -0.462 e. The number of esters is 1. The van der Waals surface area contributed by atoms with Crippen LogP contribution in [-0.2, 0) is 27.7 Å². The van der Waals surface area contributed by atoms with Crippen LogP contribution in [0.25, 0.3) is 0 Å². The molecule has 120 valence electrons. The molecule has 0 rings (SSSR count). The quantitative estimate of drug-likeness (QED) is 0.267. The minimum atomic E-state index is -4.16. The number of hydrogen-bond donors (Lipinski definition) is 3. The van der Waals surface area contributed by atoms with Crippen LogP contribution in [0.4, 0.5) is 0 Å². The van der Waals surface area contributed by atoms with Crippen molar-refractivity contribution in [3.05, 3.63) is 0 Å². The zero-order chi connectivity index (χ0) is 15.4. The van der Waals surface area contributed by atoms with E-state index in [4.69, 9.17) is 28.1 Å². The molecule has 0 unspecified atom stereocenters. The summed E-state index contributed by atoms with van der Waals surface area (Å²) < 4.78 is 30.9. The van der Waals surface area contributed by atoms with Gasteiger partial charge in [-0.1, -0.05) is 0 Å². The second-order valence-corrected chi connectivity index (χ2v) is 6.23. The molecule has 0 aromatic heterocycles. The van der Waals surface area contributed by atoms with E-state index in [0.29, 0.717) is 13.2 Å². The van der Waals surface area contributed by atoms with E-state index >= 15 is 0 Å². The van der Waals surface area contributed by atoms with Crippen molar-refractivity contribution in [2.24, 2.45) is 0 Å². The second-order valence-electron chi connectivity index (χ2n) is 3.36. The molecule has 0 bridgehead atoms. The van der Waals surface area contributed by atoms with Gasteiger partial charge in [0.15, 0.2) is 0 Å². The third-order valence-corrected chi connectivity index (χ3v) is 3.57. The van der Waals surface area contributed by atoms with Crippen LogP contribution in [0, 0.1) is 0 Å². The standard InChI is InChI=1S/C9H21NO8P2/c1-3-16-19(17-4-2)18-6-5-15-9(11)7-10-8-20(12,13)14/h10H,3-8H2,1-2H3,(H2,12,13,14). The summed E-state index contributed by atoms with van der Waals surface area (Å²) in [5.74, 6) is -0.626. The predicted molar refractivity (Wildman–Crippen MR) is 72.0 cm³/mol. The molecule has 11 heteroatoms. The molecule has 0 amide bonds. The number of carbonyl (C=O) groups excluding carboxylic acids is 1. The third-order valence-electron chi connectivity index (χ3n) is 1.60. The molecule has 0 fully saturated rings. The van der Waals surface area contributed by atoms with Gasteiger partial charge >= 0.3 is 22.2 Å². The van der Waals surface area contributed by atoms with Crippen molar-refractivity contribution in [2.45, 2.75) is 13.8 Å². The Bertz CT molecular complexity index is 304. The van der Waals surface area contributed by atoms with Crippen LogP contribution in [0.5, 0.6) is 0 Å². The number of hydrogen-bond acceptors (Lipinski definition) is 7. The molecular formula is C9H21NO8P2. The molecule has 0 spiro atoms. The van der Waals surface area contributed by atoms with E-state index in [9.17, 15) is 9.36 Å². The lowest BCUT2D eigenvalue weighted by Crippen LogP contribution is -2.26. The monoisotopic (exact) mass is 333 g/mol. The molecule has 0 aliphatic heterocycles. The van der Waals surface area contributed by atoms with E-state index in [2.05, 4.69) is 5.32 Å². The molecule has 0 heterocycles. The maximum Gasteiger partial charge on any atom is 0.339 e. The van der Waals surface area contributed by atoms with Crippen LogP contribution in [0.3, 0.4) is 0 Å². The first-order chi connectivity index (χ1) is 9.39. The third kappa shape index (κ3) is 12.9. The summed E-state index contributed by atoms with van der Waals surface area (Å²) in [5.41, 5.74) is 0. The van der Waals surface area contributed by atoms with Crippen molar-refractivity contribution in [1.29, 1.82) is 0 Å². The van der Waals surface area contributed by atoms with Crippen molar-refractivity contribution in [1.82, 2.24) is 5.32 Å². The number of rotatable bonds is 12. The molecule has 0 radical (unpaired) electrons. The lowest BCUT2D eigenvalue weighted by atomic mass is 10.6. The van der Waals surface area contributed by atoms with Gasteiger partial charge in [-0.2, -0.15) is 0 Å². The van der Waals surface area contributed by atoms with Crippen LogP contribution in [0.15, 0.2) is 0 Å². The Morgan fingerprint density at radius 1 is 1.15 bits per heavy atom. The lowest BCUT2D eigenvalue weighted by molar-refractivity contribution is -0.143. The second kappa shape index (κ2) is 11.5. The van der Waals surface area contributed by atoms with E-state index in [1.807, 2.05) is 13.8 Å². The van der Waals surface area contributed by atoms with Crippen LogP contribution in [0.1, 0.15) is 13.8 Å². The fraction of sp³-hybridized carbons (Fsp3) is 0.889. The van der Waals surface area contributed by atoms with Gasteiger partial charge in [0.2, 0.25) is 0 Å². The Morgan fingerprint density at radius 3 is 2.25 bits per heavy atom. The van der Waals surface area contributed by atoms with E-state index in [-0.39, 0.29) is 19.8 Å². The molecule has 0 aliphatic rings. The molecule has 20 heavy (non-hydrogen) atoms. The molecule has 0 atom stereocenters. The highest BCUT2D eigenvalue weighted by molar-refractivity contribution is 7.51.